The maximum atomic E-state index is 12.9. The third-order valence-corrected chi connectivity index (χ3v) is 4.43. The van der Waals surface area contributed by atoms with Crippen LogP contribution in [0.2, 0.25) is 0 Å². The third kappa shape index (κ3) is 3.83. The Labute approximate surface area is 149 Å². The van der Waals surface area contributed by atoms with Crippen LogP contribution in [0, 0.1) is 0 Å². The van der Waals surface area contributed by atoms with Gasteiger partial charge in [0.1, 0.15) is 12.4 Å². The van der Waals surface area contributed by atoms with Crippen LogP contribution in [0.3, 0.4) is 0 Å². The van der Waals surface area contributed by atoms with Gasteiger partial charge in [-0.05, 0) is 48.7 Å². The first-order chi connectivity index (χ1) is 12.3. The van der Waals surface area contributed by atoms with Gasteiger partial charge in [-0.1, -0.05) is 18.2 Å². The standard InChI is InChI=1S/C19H19F3N2O2/c20-19(21,22)14-3-1-2-13(12-14)18(8-9-18)17(25)24-15-4-6-16(7-5-15)26-11-10-23/h1-7,12H,8-11,23H2,(H,24,25). The van der Waals surface area contributed by atoms with Gasteiger partial charge in [0.15, 0.2) is 0 Å². The summed E-state index contributed by atoms with van der Waals surface area (Å²) < 4.78 is 44.2. The number of benzene rings is 2. The summed E-state index contributed by atoms with van der Waals surface area (Å²) in [5.74, 6) is 0.333. The first-order valence-electron chi connectivity index (χ1n) is 8.27. The van der Waals surface area contributed by atoms with Crippen LogP contribution < -0.4 is 15.8 Å². The Morgan fingerprint density at radius 3 is 2.42 bits per heavy atom. The molecule has 0 spiro atoms. The Kier molecular flexibility index (Phi) is 4.91. The molecular formula is C19H19F3N2O2. The average molecular weight is 364 g/mol. The van der Waals surface area contributed by atoms with Crippen molar-refractivity contribution >= 4 is 11.6 Å². The van der Waals surface area contributed by atoms with E-state index >= 15 is 0 Å². The second kappa shape index (κ2) is 6.99. The predicted octanol–water partition coefficient (Wildman–Crippen LogP) is 3.71. The number of alkyl halides is 3. The molecule has 0 bridgehead atoms. The maximum Gasteiger partial charge on any atom is 0.416 e. The van der Waals surface area contributed by atoms with E-state index in [0.717, 1.165) is 12.1 Å². The fourth-order valence-electron chi connectivity index (χ4n) is 2.83. The van der Waals surface area contributed by atoms with Crippen molar-refractivity contribution < 1.29 is 22.7 Å². The van der Waals surface area contributed by atoms with Gasteiger partial charge >= 0.3 is 6.18 Å². The van der Waals surface area contributed by atoms with Gasteiger partial charge in [-0.2, -0.15) is 13.2 Å². The van der Waals surface area contributed by atoms with Crippen LogP contribution in [0.1, 0.15) is 24.0 Å². The first-order valence-corrected chi connectivity index (χ1v) is 8.27. The van der Waals surface area contributed by atoms with E-state index in [1.54, 1.807) is 30.3 Å². The van der Waals surface area contributed by atoms with Crippen molar-refractivity contribution in [1.29, 1.82) is 0 Å². The van der Waals surface area contributed by atoms with Gasteiger partial charge in [0.2, 0.25) is 5.91 Å². The zero-order valence-electron chi connectivity index (χ0n) is 14.0. The number of hydrogen-bond acceptors (Lipinski definition) is 3. The van der Waals surface area contributed by atoms with E-state index in [1.165, 1.54) is 6.07 Å². The molecule has 138 valence electrons. The van der Waals surface area contributed by atoms with Gasteiger partial charge in [0.05, 0.1) is 11.0 Å². The summed E-state index contributed by atoms with van der Waals surface area (Å²) in [6.07, 6.45) is -3.38. The number of carbonyl (C=O) groups is 1. The SMILES string of the molecule is NCCOc1ccc(NC(=O)C2(c3cccc(C(F)(F)F)c3)CC2)cc1. The van der Waals surface area contributed by atoms with Crippen molar-refractivity contribution in [1.82, 2.24) is 0 Å². The molecule has 0 saturated heterocycles. The Hall–Kier alpha value is -2.54. The number of anilines is 1. The van der Waals surface area contributed by atoms with Gasteiger partial charge in [0, 0.05) is 12.2 Å². The summed E-state index contributed by atoms with van der Waals surface area (Å²) in [6, 6.07) is 11.8. The van der Waals surface area contributed by atoms with Gasteiger partial charge in [-0.3, -0.25) is 4.79 Å². The molecule has 4 nitrogen and oxygen atoms in total. The number of amides is 1. The molecule has 1 saturated carbocycles. The number of carbonyl (C=O) groups excluding carboxylic acids is 1. The smallest absolute Gasteiger partial charge is 0.416 e. The summed E-state index contributed by atoms with van der Waals surface area (Å²) in [6.45, 7) is 0.794. The van der Waals surface area contributed by atoms with Crippen LogP contribution in [0.5, 0.6) is 5.75 Å². The van der Waals surface area contributed by atoms with Crippen molar-refractivity contribution in [3.63, 3.8) is 0 Å². The van der Waals surface area contributed by atoms with E-state index < -0.39 is 17.2 Å². The minimum absolute atomic E-state index is 0.299. The Bertz CT molecular complexity index is 784. The maximum absolute atomic E-state index is 12.9. The molecule has 0 unspecified atom stereocenters. The monoisotopic (exact) mass is 364 g/mol. The van der Waals surface area contributed by atoms with E-state index in [1.807, 2.05) is 0 Å². The van der Waals surface area contributed by atoms with Gasteiger partial charge in [-0.25, -0.2) is 0 Å². The highest BCUT2D eigenvalue weighted by molar-refractivity contribution is 6.01. The Balaban J connectivity index is 1.73. The minimum atomic E-state index is -4.43. The molecule has 1 aliphatic rings. The van der Waals surface area contributed by atoms with Crippen molar-refractivity contribution in [3.05, 3.63) is 59.7 Å². The summed E-state index contributed by atoms with van der Waals surface area (Å²) in [5.41, 5.74) is 4.69. The van der Waals surface area contributed by atoms with Crippen LogP contribution in [0.4, 0.5) is 18.9 Å². The molecule has 1 fully saturated rings. The highest BCUT2D eigenvalue weighted by Gasteiger charge is 2.51. The lowest BCUT2D eigenvalue weighted by Gasteiger charge is -2.17. The molecule has 3 rings (SSSR count). The number of hydrogen-bond donors (Lipinski definition) is 2. The van der Waals surface area contributed by atoms with Crippen LogP contribution >= 0.6 is 0 Å². The number of rotatable bonds is 6. The van der Waals surface area contributed by atoms with Gasteiger partial charge in [0.25, 0.3) is 0 Å². The fourth-order valence-corrected chi connectivity index (χ4v) is 2.83. The quantitative estimate of drug-likeness (QED) is 0.821. The summed E-state index contributed by atoms with van der Waals surface area (Å²) in [7, 11) is 0. The largest absolute Gasteiger partial charge is 0.492 e. The zero-order chi connectivity index (χ0) is 18.8. The van der Waals surface area contributed by atoms with Gasteiger partial charge < -0.3 is 15.8 Å². The van der Waals surface area contributed by atoms with E-state index in [0.29, 0.717) is 43.0 Å². The third-order valence-electron chi connectivity index (χ3n) is 4.43. The number of nitrogens with two attached hydrogens (primary N) is 1. The van der Waals surface area contributed by atoms with Crippen LogP contribution in [-0.2, 0) is 16.4 Å². The fraction of sp³-hybridized carbons (Fsp3) is 0.316. The van der Waals surface area contributed by atoms with Gasteiger partial charge in [-0.15, -0.1) is 0 Å². The predicted molar refractivity (Wildman–Crippen MR) is 92.0 cm³/mol. The summed E-state index contributed by atoms with van der Waals surface area (Å²) in [4.78, 5) is 12.7. The Morgan fingerprint density at radius 1 is 1.15 bits per heavy atom. The molecule has 7 heteroatoms. The lowest BCUT2D eigenvalue weighted by atomic mass is 9.93. The molecule has 2 aromatic carbocycles. The van der Waals surface area contributed by atoms with E-state index in [9.17, 15) is 18.0 Å². The molecule has 0 atom stereocenters. The van der Waals surface area contributed by atoms with Crippen LogP contribution in [0.15, 0.2) is 48.5 Å². The topological polar surface area (TPSA) is 64.3 Å². The number of ether oxygens (including phenoxy) is 1. The lowest BCUT2D eigenvalue weighted by molar-refractivity contribution is -0.137. The van der Waals surface area contributed by atoms with E-state index in [2.05, 4.69) is 5.32 Å². The summed E-state index contributed by atoms with van der Waals surface area (Å²) >= 11 is 0. The van der Waals surface area contributed by atoms with E-state index in [-0.39, 0.29) is 5.91 Å². The van der Waals surface area contributed by atoms with Crippen molar-refractivity contribution in [2.45, 2.75) is 24.4 Å². The normalized spacial score (nSPS) is 15.4. The minimum Gasteiger partial charge on any atom is -0.492 e. The highest BCUT2D eigenvalue weighted by atomic mass is 19.4. The van der Waals surface area contributed by atoms with Crippen molar-refractivity contribution in [2.24, 2.45) is 5.73 Å². The molecule has 0 heterocycles. The van der Waals surface area contributed by atoms with Crippen LogP contribution in [0.25, 0.3) is 0 Å². The van der Waals surface area contributed by atoms with E-state index in [4.69, 9.17) is 10.5 Å². The molecule has 2 aromatic rings. The zero-order valence-corrected chi connectivity index (χ0v) is 14.0. The second-order valence-electron chi connectivity index (χ2n) is 6.28. The number of nitrogens with one attached hydrogen (secondary N) is 1. The van der Waals surface area contributed by atoms with Crippen molar-refractivity contribution in [3.8, 4) is 5.75 Å². The molecule has 1 amide bonds. The first kappa shape index (κ1) is 18.3. The lowest BCUT2D eigenvalue weighted by Crippen LogP contribution is -2.28. The second-order valence-corrected chi connectivity index (χ2v) is 6.28. The van der Waals surface area contributed by atoms with Crippen molar-refractivity contribution in [2.75, 3.05) is 18.5 Å². The number of halogens is 3. The average Bonchev–Trinajstić information content (AvgIpc) is 3.42. The summed E-state index contributed by atoms with van der Waals surface area (Å²) in [5, 5.41) is 2.78. The highest BCUT2D eigenvalue weighted by Crippen LogP contribution is 2.50. The molecule has 0 aliphatic heterocycles. The van der Waals surface area contributed by atoms with Crippen LogP contribution in [-0.4, -0.2) is 19.1 Å². The Morgan fingerprint density at radius 2 is 1.85 bits per heavy atom. The molecule has 0 radical (unpaired) electrons. The molecule has 26 heavy (non-hydrogen) atoms. The molecule has 1 aliphatic carbocycles. The molecule has 0 aromatic heterocycles. The molecular weight excluding hydrogens is 345 g/mol. The molecule has 3 N–H and O–H groups in total.